The van der Waals surface area contributed by atoms with Crippen LogP contribution in [0.15, 0.2) is 0 Å². The van der Waals surface area contributed by atoms with Crippen molar-refractivity contribution in [2.45, 2.75) is 52.0 Å². The van der Waals surface area contributed by atoms with Crippen LogP contribution in [0.25, 0.3) is 0 Å². The van der Waals surface area contributed by atoms with Gasteiger partial charge in [-0.1, -0.05) is 26.7 Å². The maximum atomic E-state index is 11.2. The molecule has 0 aromatic heterocycles. The highest BCUT2D eigenvalue weighted by molar-refractivity contribution is 7.84. The first-order valence-electron chi connectivity index (χ1n) is 5.51. The summed E-state index contributed by atoms with van der Waals surface area (Å²) in [5.74, 6) is 0.671. The molecule has 0 aliphatic carbocycles. The fraction of sp³-hybridized carbons (Fsp3) is 1.00. The summed E-state index contributed by atoms with van der Waals surface area (Å²) in [5.41, 5.74) is -0.314. The van der Waals surface area contributed by atoms with Crippen LogP contribution in [0, 0.1) is 5.92 Å². The smallest absolute Gasteiger partial charge is 0.258 e. The fourth-order valence-electron chi connectivity index (χ4n) is 1.84. The van der Waals surface area contributed by atoms with Gasteiger partial charge in [-0.25, -0.2) is 0 Å². The summed E-state index contributed by atoms with van der Waals surface area (Å²) in [6, 6.07) is 0. The Bertz CT molecular complexity index is 300. The molecule has 0 spiro atoms. The van der Waals surface area contributed by atoms with Gasteiger partial charge < -0.3 is 0 Å². The minimum atomic E-state index is -3.49. The van der Waals surface area contributed by atoms with E-state index in [-0.39, 0.29) is 5.54 Å². The van der Waals surface area contributed by atoms with Gasteiger partial charge in [0.25, 0.3) is 0 Å². The molecule has 0 radical (unpaired) electrons. The van der Waals surface area contributed by atoms with Crippen molar-refractivity contribution in [3.05, 3.63) is 0 Å². The second-order valence-corrected chi connectivity index (χ2v) is 6.32. The van der Waals surface area contributed by atoms with Crippen molar-refractivity contribution in [3.63, 3.8) is 0 Å². The third-order valence-electron chi connectivity index (χ3n) is 2.77. The largest absolute Gasteiger partial charge is 0.336 e. The molecular weight excluding hydrogens is 214 g/mol. The zero-order valence-electron chi connectivity index (χ0n) is 9.75. The molecule has 0 aromatic carbocycles. The Labute approximate surface area is 92.7 Å². The molecule has 90 valence electrons. The van der Waals surface area contributed by atoms with E-state index >= 15 is 0 Å². The lowest BCUT2D eigenvalue weighted by molar-refractivity contribution is 0.198. The SMILES string of the molecule is CC(C)CCC[C@]1(C)CCOS(=O)(=O)N1. The van der Waals surface area contributed by atoms with Gasteiger partial charge in [0.2, 0.25) is 0 Å². The summed E-state index contributed by atoms with van der Waals surface area (Å²) < 4.78 is 29.7. The molecule has 0 aromatic rings. The monoisotopic (exact) mass is 235 g/mol. The Kier molecular flexibility index (Phi) is 4.14. The van der Waals surface area contributed by atoms with Gasteiger partial charge in [0.1, 0.15) is 0 Å². The van der Waals surface area contributed by atoms with Crippen molar-refractivity contribution >= 4 is 10.3 Å². The first-order valence-corrected chi connectivity index (χ1v) is 6.92. The van der Waals surface area contributed by atoms with Crippen molar-refractivity contribution in [3.8, 4) is 0 Å². The molecule has 0 amide bonds. The van der Waals surface area contributed by atoms with Crippen LogP contribution in [-0.2, 0) is 14.5 Å². The molecule has 1 N–H and O–H groups in total. The van der Waals surface area contributed by atoms with E-state index in [0.717, 1.165) is 25.7 Å². The van der Waals surface area contributed by atoms with Crippen LogP contribution < -0.4 is 4.72 Å². The van der Waals surface area contributed by atoms with Gasteiger partial charge >= 0.3 is 10.3 Å². The van der Waals surface area contributed by atoms with Crippen LogP contribution in [0.3, 0.4) is 0 Å². The van der Waals surface area contributed by atoms with E-state index in [1.165, 1.54) is 0 Å². The van der Waals surface area contributed by atoms with E-state index in [4.69, 9.17) is 0 Å². The van der Waals surface area contributed by atoms with Crippen molar-refractivity contribution in [2.24, 2.45) is 5.92 Å². The Morgan fingerprint density at radius 3 is 2.67 bits per heavy atom. The van der Waals surface area contributed by atoms with Gasteiger partial charge in [-0.2, -0.15) is 13.1 Å². The van der Waals surface area contributed by atoms with E-state index in [1.807, 2.05) is 6.92 Å². The third-order valence-corrected chi connectivity index (χ3v) is 3.99. The Morgan fingerprint density at radius 2 is 2.13 bits per heavy atom. The van der Waals surface area contributed by atoms with E-state index in [2.05, 4.69) is 22.8 Å². The van der Waals surface area contributed by atoms with Gasteiger partial charge in [-0.3, -0.25) is 4.18 Å². The maximum Gasteiger partial charge on any atom is 0.336 e. The van der Waals surface area contributed by atoms with E-state index in [0.29, 0.717) is 12.5 Å². The number of hydrogen-bond donors (Lipinski definition) is 1. The zero-order valence-corrected chi connectivity index (χ0v) is 10.6. The lowest BCUT2D eigenvalue weighted by Crippen LogP contribution is -2.51. The molecule has 15 heavy (non-hydrogen) atoms. The zero-order chi connectivity index (χ0) is 11.5. The van der Waals surface area contributed by atoms with Crippen molar-refractivity contribution < 1.29 is 12.6 Å². The number of hydrogen-bond acceptors (Lipinski definition) is 3. The molecule has 0 saturated carbocycles. The quantitative estimate of drug-likeness (QED) is 0.808. The molecule has 0 bridgehead atoms. The van der Waals surface area contributed by atoms with Crippen molar-refractivity contribution in [1.29, 1.82) is 0 Å². The van der Waals surface area contributed by atoms with E-state index in [1.54, 1.807) is 0 Å². The third kappa shape index (κ3) is 4.49. The molecule has 1 heterocycles. The first kappa shape index (κ1) is 12.9. The van der Waals surface area contributed by atoms with Crippen LogP contribution in [0.1, 0.15) is 46.5 Å². The summed E-state index contributed by atoms with van der Waals surface area (Å²) in [4.78, 5) is 0. The topological polar surface area (TPSA) is 55.4 Å². The maximum absolute atomic E-state index is 11.2. The molecule has 4 nitrogen and oxygen atoms in total. The molecule has 1 aliphatic rings. The van der Waals surface area contributed by atoms with Gasteiger partial charge in [-0.05, 0) is 25.7 Å². The Balaban J connectivity index is 2.44. The molecular formula is C10H21NO3S. The van der Waals surface area contributed by atoms with Gasteiger partial charge in [0.15, 0.2) is 0 Å². The number of rotatable bonds is 4. The second-order valence-electron chi connectivity index (χ2n) is 4.97. The highest BCUT2D eigenvalue weighted by Gasteiger charge is 2.34. The van der Waals surface area contributed by atoms with Gasteiger partial charge in [0.05, 0.1) is 6.61 Å². The van der Waals surface area contributed by atoms with E-state index < -0.39 is 10.3 Å². The Morgan fingerprint density at radius 1 is 1.47 bits per heavy atom. The average Bonchev–Trinajstić information content (AvgIpc) is 1.99. The van der Waals surface area contributed by atoms with Crippen LogP contribution in [0.5, 0.6) is 0 Å². The molecule has 1 fully saturated rings. The molecule has 5 heteroatoms. The summed E-state index contributed by atoms with van der Waals surface area (Å²) in [5, 5.41) is 0. The van der Waals surface area contributed by atoms with Crippen molar-refractivity contribution in [2.75, 3.05) is 6.61 Å². The second kappa shape index (κ2) is 4.80. The highest BCUT2D eigenvalue weighted by Crippen LogP contribution is 2.24. The molecule has 1 rings (SSSR count). The van der Waals surface area contributed by atoms with Crippen LogP contribution in [-0.4, -0.2) is 20.6 Å². The lowest BCUT2D eigenvalue weighted by Gasteiger charge is -2.34. The Hall–Kier alpha value is -0.130. The highest BCUT2D eigenvalue weighted by atomic mass is 32.2. The molecule has 1 saturated heterocycles. The van der Waals surface area contributed by atoms with Crippen molar-refractivity contribution in [1.82, 2.24) is 4.72 Å². The minimum absolute atomic E-state index is 0.299. The van der Waals surface area contributed by atoms with Crippen LogP contribution in [0.4, 0.5) is 0 Å². The normalized spacial score (nSPS) is 30.7. The molecule has 1 aliphatic heterocycles. The predicted octanol–water partition coefficient (Wildman–Crippen LogP) is 1.83. The van der Waals surface area contributed by atoms with Gasteiger partial charge in [-0.15, -0.1) is 0 Å². The molecule has 0 unspecified atom stereocenters. The average molecular weight is 235 g/mol. The minimum Gasteiger partial charge on any atom is -0.258 e. The summed E-state index contributed by atoms with van der Waals surface area (Å²) in [6.45, 7) is 6.61. The lowest BCUT2D eigenvalue weighted by atomic mass is 9.91. The predicted molar refractivity (Wildman–Crippen MR) is 59.7 cm³/mol. The standard InChI is InChI=1S/C10H21NO3S/c1-9(2)5-4-6-10(3)7-8-14-15(12,13)11-10/h9,11H,4-8H2,1-3H3/t10-/m1/s1. The summed E-state index contributed by atoms with van der Waals surface area (Å²) >= 11 is 0. The number of nitrogens with one attached hydrogen (secondary N) is 1. The van der Waals surface area contributed by atoms with Crippen LogP contribution >= 0.6 is 0 Å². The fourth-order valence-corrected chi connectivity index (χ4v) is 3.00. The van der Waals surface area contributed by atoms with Gasteiger partial charge in [0, 0.05) is 5.54 Å². The first-order chi connectivity index (χ1) is 6.83. The summed E-state index contributed by atoms with van der Waals surface area (Å²) in [6.07, 6.45) is 3.83. The van der Waals surface area contributed by atoms with Crippen LogP contribution in [0.2, 0.25) is 0 Å². The summed E-state index contributed by atoms with van der Waals surface area (Å²) in [7, 11) is -3.49. The molecule has 1 atom stereocenters. The van der Waals surface area contributed by atoms with E-state index in [9.17, 15) is 8.42 Å².